The van der Waals surface area contributed by atoms with Gasteiger partial charge in [-0.2, -0.15) is 0 Å². The molecule has 0 aliphatic heterocycles. The molecule has 0 atom stereocenters. The van der Waals surface area contributed by atoms with Gasteiger partial charge >= 0.3 is 0 Å². The van der Waals surface area contributed by atoms with E-state index in [1.54, 1.807) is 12.1 Å². The summed E-state index contributed by atoms with van der Waals surface area (Å²) in [7, 11) is 0. The normalized spacial score (nSPS) is 10.9. The molecule has 0 spiro atoms. The number of nitrogens with zero attached hydrogens (tertiary/aromatic N) is 1. The number of hydrogen-bond acceptors (Lipinski definition) is 1. The van der Waals surface area contributed by atoms with Gasteiger partial charge in [0.15, 0.2) is 0 Å². The van der Waals surface area contributed by atoms with Gasteiger partial charge in [-0.3, -0.25) is 0 Å². The van der Waals surface area contributed by atoms with Crippen LogP contribution in [0.25, 0.3) is 10.9 Å². The Hall–Kier alpha value is -0.210. The van der Waals surface area contributed by atoms with Crippen LogP contribution in [0.2, 0.25) is 20.2 Å². The molecule has 0 fully saturated rings. The van der Waals surface area contributed by atoms with E-state index in [-0.39, 0.29) is 0 Å². The molecule has 0 saturated carbocycles. The first-order valence-corrected chi connectivity index (χ1v) is 5.20. The molecule has 0 aliphatic rings. The van der Waals surface area contributed by atoms with Gasteiger partial charge in [0.1, 0.15) is 5.15 Å². The van der Waals surface area contributed by atoms with Crippen molar-refractivity contribution >= 4 is 57.3 Å². The molecular formula is C9H3Cl4N. The predicted molar refractivity (Wildman–Crippen MR) is 61.8 cm³/mol. The van der Waals surface area contributed by atoms with Crippen LogP contribution in [0, 0.1) is 0 Å². The van der Waals surface area contributed by atoms with Gasteiger partial charge in [-0.05, 0) is 18.2 Å². The standard InChI is InChI=1S/C9H3Cl4N/c10-4-1-2-6-8(9(4)13)5(11)3-7(12)14-6/h1-3H. The molecule has 0 N–H and O–H groups in total. The molecule has 1 aromatic heterocycles. The zero-order valence-electron chi connectivity index (χ0n) is 6.69. The van der Waals surface area contributed by atoms with Gasteiger partial charge in [-0.25, -0.2) is 4.98 Å². The molecule has 0 bridgehead atoms. The van der Waals surface area contributed by atoms with Gasteiger partial charge in [-0.1, -0.05) is 46.4 Å². The van der Waals surface area contributed by atoms with Crippen molar-refractivity contribution in [3.05, 3.63) is 38.4 Å². The molecule has 0 amide bonds. The second kappa shape index (κ2) is 3.74. The number of rotatable bonds is 0. The molecule has 2 aromatic rings. The van der Waals surface area contributed by atoms with Gasteiger partial charge in [0.05, 0.1) is 20.6 Å². The first-order valence-electron chi connectivity index (χ1n) is 3.69. The minimum Gasteiger partial charge on any atom is -0.236 e. The third kappa shape index (κ3) is 1.66. The van der Waals surface area contributed by atoms with Crippen LogP contribution in [0.5, 0.6) is 0 Å². The van der Waals surface area contributed by atoms with Crippen LogP contribution in [-0.4, -0.2) is 4.98 Å². The topological polar surface area (TPSA) is 12.9 Å². The van der Waals surface area contributed by atoms with Crippen molar-refractivity contribution in [1.82, 2.24) is 4.98 Å². The number of aromatic nitrogens is 1. The summed E-state index contributed by atoms with van der Waals surface area (Å²) in [6.07, 6.45) is 0. The first-order chi connectivity index (χ1) is 6.59. The van der Waals surface area contributed by atoms with Crippen molar-refractivity contribution in [2.45, 2.75) is 0 Å². The Morgan fingerprint density at radius 3 is 2.36 bits per heavy atom. The SMILES string of the molecule is Clc1cc(Cl)c2c(Cl)c(Cl)ccc2n1. The smallest absolute Gasteiger partial charge is 0.131 e. The average molecular weight is 267 g/mol. The van der Waals surface area contributed by atoms with Crippen molar-refractivity contribution < 1.29 is 0 Å². The average Bonchev–Trinajstić information content (AvgIpc) is 2.10. The van der Waals surface area contributed by atoms with Crippen molar-refractivity contribution in [3.63, 3.8) is 0 Å². The highest BCUT2D eigenvalue weighted by molar-refractivity contribution is 6.48. The summed E-state index contributed by atoms with van der Waals surface area (Å²) in [5.41, 5.74) is 0.636. The van der Waals surface area contributed by atoms with E-state index >= 15 is 0 Å². The molecule has 14 heavy (non-hydrogen) atoms. The van der Waals surface area contributed by atoms with Crippen LogP contribution in [0.4, 0.5) is 0 Å². The van der Waals surface area contributed by atoms with E-state index in [0.29, 0.717) is 31.1 Å². The molecule has 0 radical (unpaired) electrons. The summed E-state index contributed by atoms with van der Waals surface area (Å²) in [5.74, 6) is 0. The van der Waals surface area contributed by atoms with Crippen molar-refractivity contribution in [2.24, 2.45) is 0 Å². The van der Waals surface area contributed by atoms with E-state index in [4.69, 9.17) is 46.4 Å². The second-order valence-electron chi connectivity index (χ2n) is 2.68. The van der Waals surface area contributed by atoms with E-state index in [1.165, 1.54) is 6.07 Å². The molecule has 0 aliphatic carbocycles. The third-order valence-electron chi connectivity index (χ3n) is 1.78. The van der Waals surface area contributed by atoms with E-state index < -0.39 is 0 Å². The van der Waals surface area contributed by atoms with Crippen molar-refractivity contribution in [2.75, 3.05) is 0 Å². The third-order valence-corrected chi connectivity index (χ3v) is 3.08. The predicted octanol–water partition coefficient (Wildman–Crippen LogP) is 4.85. The lowest BCUT2D eigenvalue weighted by Gasteiger charge is -2.04. The van der Waals surface area contributed by atoms with Crippen molar-refractivity contribution in [3.8, 4) is 0 Å². The Labute approximate surface area is 101 Å². The van der Waals surface area contributed by atoms with E-state index in [1.807, 2.05) is 0 Å². The lowest BCUT2D eigenvalue weighted by Crippen LogP contribution is -1.83. The van der Waals surface area contributed by atoms with Gasteiger partial charge in [0.2, 0.25) is 0 Å². The summed E-state index contributed by atoms with van der Waals surface area (Å²) >= 11 is 23.5. The Morgan fingerprint density at radius 2 is 1.64 bits per heavy atom. The summed E-state index contributed by atoms with van der Waals surface area (Å²) in [5, 5.41) is 2.27. The van der Waals surface area contributed by atoms with E-state index in [2.05, 4.69) is 4.98 Å². The molecule has 72 valence electrons. The number of hydrogen-bond donors (Lipinski definition) is 0. The molecule has 2 rings (SSSR count). The van der Waals surface area contributed by atoms with Gasteiger partial charge in [0, 0.05) is 5.39 Å². The summed E-state index contributed by atoms with van der Waals surface area (Å²) in [6.45, 7) is 0. The molecule has 5 heteroatoms. The monoisotopic (exact) mass is 265 g/mol. The molecule has 1 aromatic carbocycles. The van der Waals surface area contributed by atoms with Crippen LogP contribution >= 0.6 is 46.4 Å². The van der Waals surface area contributed by atoms with Gasteiger partial charge in [0.25, 0.3) is 0 Å². The fourth-order valence-corrected chi connectivity index (χ4v) is 2.20. The maximum atomic E-state index is 5.98. The molecular weight excluding hydrogens is 264 g/mol. The zero-order chi connectivity index (χ0) is 10.3. The lowest BCUT2D eigenvalue weighted by molar-refractivity contribution is 1.41. The highest BCUT2D eigenvalue weighted by atomic mass is 35.5. The highest BCUT2D eigenvalue weighted by Gasteiger charge is 2.09. The van der Waals surface area contributed by atoms with Gasteiger partial charge in [-0.15, -0.1) is 0 Å². The zero-order valence-corrected chi connectivity index (χ0v) is 9.71. The van der Waals surface area contributed by atoms with Crippen LogP contribution < -0.4 is 0 Å². The Balaban J connectivity index is 2.95. The minimum atomic E-state index is 0.334. The second-order valence-corrected chi connectivity index (χ2v) is 4.26. The number of pyridine rings is 1. The Bertz CT molecular complexity index is 510. The maximum Gasteiger partial charge on any atom is 0.131 e. The highest BCUT2D eigenvalue weighted by Crippen LogP contribution is 2.35. The summed E-state index contributed by atoms with van der Waals surface area (Å²) in [6, 6.07) is 4.92. The summed E-state index contributed by atoms with van der Waals surface area (Å²) in [4.78, 5) is 4.08. The summed E-state index contributed by atoms with van der Waals surface area (Å²) < 4.78 is 0. The number of fused-ring (bicyclic) bond motifs is 1. The van der Waals surface area contributed by atoms with Crippen LogP contribution in [0.1, 0.15) is 0 Å². The number of halogens is 4. The Morgan fingerprint density at radius 1 is 0.929 bits per heavy atom. The molecule has 0 unspecified atom stereocenters. The van der Waals surface area contributed by atoms with Crippen LogP contribution in [0.3, 0.4) is 0 Å². The van der Waals surface area contributed by atoms with Crippen LogP contribution in [0.15, 0.2) is 18.2 Å². The van der Waals surface area contributed by atoms with E-state index in [0.717, 1.165) is 0 Å². The lowest BCUT2D eigenvalue weighted by atomic mass is 10.2. The molecule has 0 saturated heterocycles. The maximum absolute atomic E-state index is 5.98. The number of benzene rings is 1. The van der Waals surface area contributed by atoms with Gasteiger partial charge < -0.3 is 0 Å². The minimum absolute atomic E-state index is 0.334. The first kappa shape index (κ1) is 10.3. The van der Waals surface area contributed by atoms with Crippen LogP contribution in [-0.2, 0) is 0 Å². The molecule has 1 nitrogen and oxygen atoms in total. The van der Waals surface area contributed by atoms with Crippen molar-refractivity contribution in [1.29, 1.82) is 0 Å². The Kier molecular flexibility index (Phi) is 2.76. The quantitative estimate of drug-likeness (QED) is 0.622. The fraction of sp³-hybridized carbons (Fsp3) is 0. The fourth-order valence-electron chi connectivity index (χ4n) is 1.18. The largest absolute Gasteiger partial charge is 0.236 e. The van der Waals surface area contributed by atoms with E-state index in [9.17, 15) is 0 Å². The molecule has 1 heterocycles.